The zero-order chi connectivity index (χ0) is 18.2. The largest absolute Gasteiger partial charge is 0.490 e. The van der Waals surface area contributed by atoms with E-state index in [9.17, 15) is 4.79 Å². The number of aryl methyl sites for hydroxylation is 1. The van der Waals surface area contributed by atoms with E-state index in [1.54, 1.807) is 24.3 Å². The van der Waals surface area contributed by atoms with Crippen LogP contribution < -0.4 is 4.74 Å². The highest BCUT2D eigenvalue weighted by Gasteiger charge is 2.11. The minimum atomic E-state index is -0.357. The number of thiophene rings is 1. The Morgan fingerprint density at radius 3 is 2.81 bits per heavy atom. The summed E-state index contributed by atoms with van der Waals surface area (Å²) >= 11 is 1.52. The standard InChI is InChI=1S/C18H15N3O4S/c19-12-13-3-5-14(6-4-13)23-9-10-24-17(22)8-7-16-20-18(21-25-16)15-2-1-11-26-15/h1-6,11H,7-10H2. The number of nitriles is 1. The maximum atomic E-state index is 11.7. The Balaban J connectivity index is 1.35. The summed E-state index contributed by atoms with van der Waals surface area (Å²) in [5, 5.41) is 14.5. The van der Waals surface area contributed by atoms with Crippen molar-refractivity contribution in [3.63, 3.8) is 0 Å². The third-order valence-corrected chi connectivity index (χ3v) is 4.22. The van der Waals surface area contributed by atoms with Crippen LogP contribution in [0.25, 0.3) is 10.7 Å². The number of hydrogen-bond acceptors (Lipinski definition) is 8. The molecule has 0 amide bonds. The van der Waals surface area contributed by atoms with Crippen molar-refractivity contribution >= 4 is 17.3 Å². The Hall–Kier alpha value is -3.18. The van der Waals surface area contributed by atoms with Crippen LogP contribution in [0.2, 0.25) is 0 Å². The summed E-state index contributed by atoms with van der Waals surface area (Å²) in [5.74, 6) is 1.19. The van der Waals surface area contributed by atoms with Gasteiger partial charge < -0.3 is 14.0 Å². The van der Waals surface area contributed by atoms with Crippen LogP contribution in [0.5, 0.6) is 5.75 Å². The number of esters is 1. The zero-order valence-corrected chi connectivity index (χ0v) is 14.6. The molecule has 0 unspecified atom stereocenters. The van der Waals surface area contributed by atoms with Crippen LogP contribution in [0.4, 0.5) is 0 Å². The van der Waals surface area contributed by atoms with Crippen molar-refractivity contribution < 1.29 is 18.8 Å². The second kappa shape index (κ2) is 8.78. The summed E-state index contributed by atoms with van der Waals surface area (Å²) in [6, 6.07) is 12.6. The minimum Gasteiger partial charge on any atom is -0.490 e. The molecule has 0 bridgehead atoms. The van der Waals surface area contributed by atoms with Crippen molar-refractivity contribution in [1.82, 2.24) is 10.1 Å². The fourth-order valence-corrected chi connectivity index (χ4v) is 2.73. The summed E-state index contributed by atoms with van der Waals surface area (Å²) in [6.45, 7) is 0.379. The van der Waals surface area contributed by atoms with Gasteiger partial charge in [-0.3, -0.25) is 4.79 Å². The predicted molar refractivity (Wildman–Crippen MR) is 93.5 cm³/mol. The summed E-state index contributed by atoms with van der Waals surface area (Å²) in [4.78, 5) is 16.9. The molecule has 0 aliphatic rings. The molecule has 0 aliphatic carbocycles. The lowest BCUT2D eigenvalue weighted by Gasteiger charge is -2.07. The summed E-state index contributed by atoms with van der Waals surface area (Å²) in [7, 11) is 0. The molecular weight excluding hydrogens is 354 g/mol. The molecule has 2 heterocycles. The summed E-state index contributed by atoms with van der Waals surface area (Å²) < 4.78 is 15.7. The molecule has 0 N–H and O–H groups in total. The van der Waals surface area contributed by atoms with E-state index in [0.717, 1.165) is 4.88 Å². The monoisotopic (exact) mass is 369 g/mol. The van der Waals surface area contributed by atoms with Gasteiger partial charge in [0.05, 0.1) is 22.9 Å². The first kappa shape index (κ1) is 17.6. The first-order chi connectivity index (χ1) is 12.7. The molecule has 7 nitrogen and oxygen atoms in total. The highest BCUT2D eigenvalue weighted by molar-refractivity contribution is 7.13. The van der Waals surface area contributed by atoms with Gasteiger partial charge in [0.1, 0.15) is 19.0 Å². The predicted octanol–water partition coefficient (Wildman–Crippen LogP) is 3.22. The molecule has 8 heteroatoms. The summed E-state index contributed by atoms with van der Waals surface area (Å²) in [6.07, 6.45) is 0.483. The van der Waals surface area contributed by atoms with Gasteiger partial charge in [0, 0.05) is 6.42 Å². The molecule has 0 radical (unpaired) electrons. The Labute approximate surface area is 153 Å². The van der Waals surface area contributed by atoms with E-state index in [1.807, 2.05) is 23.6 Å². The Morgan fingerprint density at radius 1 is 1.23 bits per heavy atom. The van der Waals surface area contributed by atoms with Crippen molar-refractivity contribution in [3.05, 3.63) is 53.2 Å². The molecule has 1 aromatic carbocycles. The maximum absolute atomic E-state index is 11.7. The van der Waals surface area contributed by atoms with Crippen molar-refractivity contribution in [1.29, 1.82) is 5.26 Å². The Morgan fingerprint density at radius 2 is 2.08 bits per heavy atom. The third-order valence-electron chi connectivity index (χ3n) is 3.35. The molecule has 2 aromatic heterocycles. The van der Waals surface area contributed by atoms with E-state index < -0.39 is 0 Å². The number of aromatic nitrogens is 2. The number of benzene rings is 1. The number of nitrogens with zero attached hydrogens (tertiary/aromatic N) is 3. The topological polar surface area (TPSA) is 98.2 Å². The van der Waals surface area contributed by atoms with Crippen molar-refractivity contribution in [3.8, 4) is 22.5 Å². The number of ether oxygens (including phenoxy) is 2. The highest BCUT2D eigenvalue weighted by atomic mass is 32.1. The number of hydrogen-bond donors (Lipinski definition) is 0. The van der Waals surface area contributed by atoms with Crippen LogP contribution in [-0.4, -0.2) is 29.3 Å². The molecule has 26 heavy (non-hydrogen) atoms. The smallest absolute Gasteiger partial charge is 0.306 e. The second-order valence-electron chi connectivity index (χ2n) is 5.19. The van der Waals surface area contributed by atoms with Crippen molar-refractivity contribution in [2.24, 2.45) is 0 Å². The molecular formula is C18H15N3O4S. The van der Waals surface area contributed by atoms with E-state index in [2.05, 4.69) is 10.1 Å². The first-order valence-electron chi connectivity index (χ1n) is 7.89. The van der Waals surface area contributed by atoms with Crippen LogP contribution in [0, 0.1) is 11.3 Å². The molecule has 132 valence electrons. The lowest BCUT2D eigenvalue weighted by molar-refractivity contribution is -0.144. The lowest BCUT2D eigenvalue weighted by Crippen LogP contribution is -2.12. The van der Waals surface area contributed by atoms with E-state index >= 15 is 0 Å². The average Bonchev–Trinajstić information content (AvgIpc) is 3.35. The average molecular weight is 369 g/mol. The van der Waals surface area contributed by atoms with E-state index in [1.165, 1.54) is 11.3 Å². The van der Waals surface area contributed by atoms with Gasteiger partial charge in [-0.25, -0.2) is 0 Å². The van der Waals surface area contributed by atoms with Crippen LogP contribution >= 0.6 is 11.3 Å². The minimum absolute atomic E-state index is 0.142. The molecule has 0 fully saturated rings. The van der Waals surface area contributed by atoms with Gasteiger partial charge in [-0.15, -0.1) is 11.3 Å². The number of rotatable bonds is 8. The molecule has 3 rings (SSSR count). The van der Waals surface area contributed by atoms with Gasteiger partial charge in [0.15, 0.2) is 0 Å². The number of carbonyl (C=O) groups is 1. The van der Waals surface area contributed by atoms with Gasteiger partial charge in [-0.1, -0.05) is 11.2 Å². The normalized spacial score (nSPS) is 10.3. The molecule has 0 spiro atoms. The zero-order valence-electron chi connectivity index (χ0n) is 13.8. The Bertz CT molecular complexity index is 882. The maximum Gasteiger partial charge on any atom is 0.306 e. The van der Waals surface area contributed by atoms with E-state index in [-0.39, 0.29) is 25.6 Å². The quantitative estimate of drug-likeness (QED) is 0.444. The molecule has 0 aliphatic heterocycles. The third kappa shape index (κ3) is 4.91. The van der Waals surface area contributed by atoms with Gasteiger partial charge in [0.2, 0.25) is 11.7 Å². The second-order valence-corrected chi connectivity index (χ2v) is 6.14. The van der Waals surface area contributed by atoms with Gasteiger partial charge in [-0.2, -0.15) is 10.2 Å². The Kier molecular flexibility index (Phi) is 5.96. The van der Waals surface area contributed by atoms with Crippen LogP contribution in [-0.2, 0) is 16.0 Å². The van der Waals surface area contributed by atoms with Crippen LogP contribution in [0.15, 0.2) is 46.3 Å². The van der Waals surface area contributed by atoms with Crippen molar-refractivity contribution in [2.45, 2.75) is 12.8 Å². The lowest BCUT2D eigenvalue weighted by atomic mass is 10.2. The molecule has 0 saturated heterocycles. The van der Waals surface area contributed by atoms with Gasteiger partial charge >= 0.3 is 5.97 Å². The van der Waals surface area contributed by atoms with Crippen LogP contribution in [0.1, 0.15) is 17.9 Å². The summed E-state index contributed by atoms with van der Waals surface area (Å²) in [5.41, 5.74) is 0.562. The van der Waals surface area contributed by atoms with Crippen LogP contribution in [0.3, 0.4) is 0 Å². The molecule has 0 atom stereocenters. The van der Waals surface area contributed by atoms with Crippen molar-refractivity contribution in [2.75, 3.05) is 13.2 Å². The molecule has 0 saturated carbocycles. The fraction of sp³-hybridized carbons (Fsp3) is 0.222. The van der Waals surface area contributed by atoms with Gasteiger partial charge in [-0.05, 0) is 35.7 Å². The molecule has 3 aromatic rings. The fourth-order valence-electron chi connectivity index (χ4n) is 2.08. The van der Waals surface area contributed by atoms with E-state index in [0.29, 0.717) is 29.4 Å². The van der Waals surface area contributed by atoms with Gasteiger partial charge in [0.25, 0.3) is 0 Å². The van der Waals surface area contributed by atoms with E-state index in [4.69, 9.17) is 19.3 Å². The first-order valence-corrected chi connectivity index (χ1v) is 8.77. The number of carbonyl (C=O) groups excluding carboxylic acids is 1. The highest BCUT2D eigenvalue weighted by Crippen LogP contribution is 2.21. The SMILES string of the molecule is N#Cc1ccc(OCCOC(=O)CCc2nc(-c3cccs3)no2)cc1.